The molecule has 3 unspecified atom stereocenters. The number of amides is 1. The molecule has 2 aromatic rings. The lowest BCUT2D eigenvalue weighted by Crippen LogP contribution is -2.34. The Balaban J connectivity index is 1.89. The molecule has 0 radical (unpaired) electrons. The molecule has 5 heteroatoms. The van der Waals surface area contributed by atoms with E-state index in [4.69, 9.17) is 5.73 Å². The number of carbonyl (C=O) groups excluding carboxylic acids is 1. The number of halogens is 2. The van der Waals surface area contributed by atoms with Crippen molar-refractivity contribution in [1.82, 2.24) is 5.32 Å². The molecule has 24 heavy (non-hydrogen) atoms. The smallest absolute Gasteiger partial charge is 0.223 e. The Bertz CT molecular complexity index is 691. The lowest BCUT2D eigenvalue weighted by molar-refractivity contribution is -0.125. The number of hydrogen-bond donors (Lipinski definition) is 2. The fraction of sp³-hybridized carbons (Fsp3) is 0.316. The Morgan fingerprint density at radius 2 is 1.88 bits per heavy atom. The summed E-state index contributed by atoms with van der Waals surface area (Å²) < 4.78 is 14.6. The Morgan fingerprint density at radius 3 is 2.50 bits per heavy atom. The molecule has 0 aliphatic heterocycles. The summed E-state index contributed by atoms with van der Waals surface area (Å²) in [4.78, 5) is 12.6. The van der Waals surface area contributed by atoms with Crippen LogP contribution >= 0.6 is 15.9 Å². The number of nitrogens with two attached hydrogens (primary N) is 1. The van der Waals surface area contributed by atoms with Gasteiger partial charge in [-0.05, 0) is 54.7 Å². The van der Waals surface area contributed by atoms with E-state index >= 15 is 0 Å². The molecule has 1 aliphatic carbocycles. The zero-order valence-corrected chi connectivity index (χ0v) is 14.8. The molecule has 1 fully saturated rings. The maximum atomic E-state index is 13.7. The summed E-state index contributed by atoms with van der Waals surface area (Å²) in [6, 6.07) is 13.8. The van der Waals surface area contributed by atoms with Gasteiger partial charge in [0.05, 0.1) is 6.04 Å². The fourth-order valence-electron chi connectivity index (χ4n) is 3.25. The number of rotatable bonds is 4. The molecule has 0 bridgehead atoms. The van der Waals surface area contributed by atoms with E-state index in [0.29, 0.717) is 6.42 Å². The van der Waals surface area contributed by atoms with Crippen molar-refractivity contribution < 1.29 is 9.18 Å². The second kappa shape index (κ2) is 7.45. The molecule has 0 spiro atoms. The highest BCUT2D eigenvalue weighted by molar-refractivity contribution is 9.10. The summed E-state index contributed by atoms with van der Waals surface area (Å²) in [6.07, 6.45) is 2.39. The lowest BCUT2D eigenvalue weighted by Gasteiger charge is -2.22. The Labute approximate surface area is 149 Å². The van der Waals surface area contributed by atoms with Crippen LogP contribution in [0.2, 0.25) is 0 Å². The van der Waals surface area contributed by atoms with E-state index in [1.54, 1.807) is 6.07 Å². The molecule has 1 saturated carbocycles. The van der Waals surface area contributed by atoms with E-state index in [9.17, 15) is 9.18 Å². The van der Waals surface area contributed by atoms with Crippen LogP contribution in [-0.2, 0) is 4.79 Å². The Hall–Kier alpha value is -1.72. The van der Waals surface area contributed by atoms with Gasteiger partial charge in [0.15, 0.2) is 0 Å². The van der Waals surface area contributed by atoms with Crippen LogP contribution in [0.4, 0.5) is 4.39 Å². The maximum absolute atomic E-state index is 13.7. The molecular weight excluding hydrogens is 371 g/mol. The van der Waals surface area contributed by atoms with E-state index in [-0.39, 0.29) is 29.7 Å². The summed E-state index contributed by atoms with van der Waals surface area (Å²) in [5.41, 5.74) is 7.55. The first-order chi connectivity index (χ1) is 11.5. The normalized spacial score (nSPS) is 21.5. The van der Waals surface area contributed by atoms with Gasteiger partial charge in [-0.3, -0.25) is 4.79 Å². The van der Waals surface area contributed by atoms with Crippen LogP contribution in [0, 0.1) is 11.7 Å². The zero-order chi connectivity index (χ0) is 17.1. The van der Waals surface area contributed by atoms with E-state index in [0.717, 1.165) is 28.4 Å². The standard InChI is InChI=1S/C19H20BrFN2O/c20-15-5-1-3-12(9-15)18(13-4-2-6-16(21)10-13)23-19(24)14-7-8-17(22)11-14/h1-6,9-10,14,17-18H,7-8,11,22H2,(H,23,24). The molecule has 3 N–H and O–H groups in total. The van der Waals surface area contributed by atoms with Gasteiger partial charge in [0.1, 0.15) is 5.82 Å². The van der Waals surface area contributed by atoms with Crippen molar-refractivity contribution in [3.63, 3.8) is 0 Å². The lowest BCUT2D eigenvalue weighted by atomic mass is 9.97. The van der Waals surface area contributed by atoms with Gasteiger partial charge in [-0.1, -0.05) is 40.2 Å². The third-order valence-corrected chi connectivity index (χ3v) is 4.99. The molecule has 0 aromatic heterocycles. The first-order valence-electron chi connectivity index (χ1n) is 8.10. The fourth-order valence-corrected chi connectivity index (χ4v) is 3.66. The van der Waals surface area contributed by atoms with Gasteiger partial charge in [-0.15, -0.1) is 0 Å². The van der Waals surface area contributed by atoms with Crippen molar-refractivity contribution in [2.75, 3.05) is 0 Å². The van der Waals surface area contributed by atoms with E-state index in [2.05, 4.69) is 21.2 Å². The molecular formula is C19H20BrFN2O. The molecule has 3 rings (SSSR count). The van der Waals surface area contributed by atoms with Crippen molar-refractivity contribution in [3.05, 3.63) is 69.9 Å². The predicted molar refractivity (Wildman–Crippen MR) is 95.8 cm³/mol. The van der Waals surface area contributed by atoms with Crippen LogP contribution in [0.15, 0.2) is 53.0 Å². The molecule has 1 aliphatic rings. The van der Waals surface area contributed by atoms with Gasteiger partial charge in [0, 0.05) is 16.4 Å². The largest absolute Gasteiger partial charge is 0.345 e. The average molecular weight is 391 g/mol. The molecule has 2 aromatic carbocycles. The van der Waals surface area contributed by atoms with Crippen molar-refractivity contribution in [1.29, 1.82) is 0 Å². The third kappa shape index (κ3) is 4.02. The predicted octanol–water partition coefficient (Wildman–Crippen LogP) is 3.92. The molecule has 0 saturated heterocycles. The van der Waals surface area contributed by atoms with Crippen molar-refractivity contribution >= 4 is 21.8 Å². The summed E-state index contributed by atoms with van der Waals surface area (Å²) in [5.74, 6) is -0.398. The molecule has 126 valence electrons. The van der Waals surface area contributed by atoms with Crippen LogP contribution in [-0.4, -0.2) is 11.9 Å². The first kappa shape index (κ1) is 17.1. The minimum atomic E-state index is -0.387. The number of carbonyl (C=O) groups is 1. The second-order valence-electron chi connectivity index (χ2n) is 6.32. The first-order valence-corrected chi connectivity index (χ1v) is 8.89. The summed E-state index contributed by atoms with van der Waals surface area (Å²) in [5, 5.41) is 3.08. The SMILES string of the molecule is NC1CCC(C(=O)NC(c2cccc(F)c2)c2cccc(Br)c2)C1. The Morgan fingerprint density at radius 1 is 1.17 bits per heavy atom. The maximum Gasteiger partial charge on any atom is 0.223 e. The van der Waals surface area contributed by atoms with E-state index in [1.807, 2.05) is 30.3 Å². The number of nitrogens with one attached hydrogen (secondary N) is 1. The summed E-state index contributed by atoms with van der Waals surface area (Å²) in [7, 11) is 0. The van der Waals surface area contributed by atoms with Crippen LogP contribution in [0.1, 0.15) is 36.4 Å². The van der Waals surface area contributed by atoms with E-state index < -0.39 is 0 Å². The van der Waals surface area contributed by atoms with Gasteiger partial charge >= 0.3 is 0 Å². The van der Waals surface area contributed by atoms with Crippen molar-refractivity contribution in [2.45, 2.75) is 31.3 Å². The van der Waals surface area contributed by atoms with Crippen LogP contribution in [0.3, 0.4) is 0 Å². The van der Waals surface area contributed by atoms with Crippen LogP contribution in [0.5, 0.6) is 0 Å². The number of benzene rings is 2. The molecule has 3 atom stereocenters. The summed E-state index contributed by atoms with van der Waals surface area (Å²) >= 11 is 3.45. The van der Waals surface area contributed by atoms with Gasteiger partial charge in [-0.2, -0.15) is 0 Å². The van der Waals surface area contributed by atoms with E-state index in [1.165, 1.54) is 12.1 Å². The highest BCUT2D eigenvalue weighted by Gasteiger charge is 2.29. The van der Waals surface area contributed by atoms with Crippen LogP contribution in [0.25, 0.3) is 0 Å². The number of hydrogen-bond acceptors (Lipinski definition) is 2. The summed E-state index contributed by atoms with van der Waals surface area (Å²) in [6.45, 7) is 0. The van der Waals surface area contributed by atoms with Crippen LogP contribution < -0.4 is 11.1 Å². The molecule has 3 nitrogen and oxygen atoms in total. The minimum absolute atomic E-state index is 0.0165. The minimum Gasteiger partial charge on any atom is -0.345 e. The van der Waals surface area contributed by atoms with Crippen molar-refractivity contribution in [3.8, 4) is 0 Å². The second-order valence-corrected chi connectivity index (χ2v) is 7.24. The quantitative estimate of drug-likeness (QED) is 0.830. The van der Waals surface area contributed by atoms with Gasteiger partial charge < -0.3 is 11.1 Å². The third-order valence-electron chi connectivity index (χ3n) is 4.49. The van der Waals surface area contributed by atoms with Gasteiger partial charge in [0.25, 0.3) is 0 Å². The van der Waals surface area contributed by atoms with Crippen molar-refractivity contribution in [2.24, 2.45) is 11.7 Å². The monoisotopic (exact) mass is 390 g/mol. The Kier molecular flexibility index (Phi) is 5.31. The highest BCUT2D eigenvalue weighted by atomic mass is 79.9. The zero-order valence-electron chi connectivity index (χ0n) is 13.2. The highest BCUT2D eigenvalue weighted by Crippen LogP contribution is 2.29. The average Bonchev–Trinajstić information content (AvgIpc) is 2.99. The molecule has 1 amide bonds. The molecule has 0 heterocycles. The topological polar surface area (TPSA) is 55.1 Å². The van der Waals surface area contributed by atoms with Gasteiger partial charge in [-0.25, -0.2) is 4.39 Å². The van der Waals surface area contributed by atoms with Gasteiger partial charge in [0.2, 0.25) is 5.91 Å².